The first-order valence-corrected chi connectivity index (χ1v) is 7.23. The molecule has 2 atom stereocenters. The van der Waals surface area contributed by atoms with Crippen molar-refractivity contribution >= 4 is 0 Å². The Morgan fingerprint density at radius 1 is 1.24 bits per heavy atom. The zero-order valence-corrected chi connectivity index (χ0v) is 13.0. The quantitative estimate of drug-likeness (QED) is 0.885. The number of benzene rings is 1. The molecule has 1 aromatic heterocycles. The van der Waals surface area contributed by atoms with Crippen LogP contribution in [0.4, 0.5) is 0 Å². The number of aromatic nitrogens is 2. The zero-order valence-electron chi connectivity index (χ0n) is 13.0. The number of rotatable bonds is 6. The van der Waals surface area contributed by atoms with Gasteiger partial charge in [0, 0.05) is 18.0 Å². The highest BCUT2D eigenvalue weighted by atomic mass is 16.5. The maximum atomic E-state index is 6.03. The first kappa shape index (κ1) is 15.5. The van der Waals surface area contributed by atoms with Crippen molar-refractivity contribution in [3.05, 3.63) is 41.5 Å². The summed E-state index contributed by atoms with van der Waals surface area (Å²) in [7, 11) is 1.66. The van der Waals surface area contributed by atoms with E-state index in [1.165, 1.54) is 0 Å². The predicted molar refractivity (Wildman–Crippen MR) is 81.3 cm³/mol. The molecule has 0 aliphatic carbocycles. The molecule has 1 aromatic carbocycles. The van der Waals surface area contributed by atoms with Crippen molar-refractivity contribution in [1.29, 1.82) is 0 Å². The molecule has 5 heteroatoms. The molecule has 114 valence electrons. The second-order valence-corrected chi connectivity index (χ2v) is 5.67. The maximum Gasteiger partial charge on any atom is 0.231 e. The minimum absolute atomic E-state index is 0.0236. The number of nitrogens with zero attached hydrogens (tertiary/aromatic N) is 2. The van der Waals surface area contributed by atoms with Gasteiger partial charge < -0.3 is 15.0 Å². The highest BCUT2D eigenvalue weighted by Gasteiger charge is 2.26. The molecule has 2 aromatic rings. The van der Waals surface area contributed by atoms with E-state index < -0.39 is 0 Å². The molecule has 0 fully saturated rings. The monoisotopic (exact) mass is 289 g/mol. The van der Waals surface area contributed by atoms with Crippen molar-refractivity contribution < 1.29 is 9.26 Å². The lowest BCUT2D eigenvalue weighted by molar-refractivity contribution is 0.298. The summed E-state index contributed by atoms with van der Waals surface area (Å²) in [5.74, 6) is 2.52. The van der Waals surface area contributed by atoms with E-state index in [0.29, 0.717) is 24.1 Å². The number of ether oxygens (including phenoxy) is 1. The average Bonchev–Trinajstić information content (AvgIpc) is 2.86. The van der Waals surface area contributed by atoms with Crippen LogP contribution in [0.3, 0.4) is 0 Å². The molecule has 0 radical (unpaired) electrons. The largest absolute Gasteiger partial charge is 0.496 e. The van der Waals surface area contributed by atoms with Crippen LogP contribution in [0.2, 0.25) is 0 Å². The minimum Gasteiger partial charge on any atom is -0.496 e. The molecule has 0 saturated heterocycles. The van der Waals surface area contributed by atoms with Crippen LogP contribution in [0.1, 0.15) is 44.0 Å². The lowest BCUT2D eigenvalue weighted by Gasteiger charge is -2.20. The van der Waals surface area contributed by atoms with Gasteiger partial charge >= 0.3 is 0 Å². The molecule has 2 N–H and O–H groups in total. The zero-order chi connectivity index (χ0) is 15.4. The Bertz CT molecular complexity index is 570. The van der Waals surface area contributed by atoms with E-state index in [9.17, 15) is 0 Å². The van der Waals surface area contributed by atoms with E-state index in [2.05, 4.69) is 24.0 Å². The highest BCUT2D eigenvalue weighted by Crippen LogP contribution is 2.26. The van der Waals surface area contributed by atoms with Gasteiger partial charge in [-0.1, -0.05) is 37.2 Å². The van der Waals surface area contributed by atoms with Crippen molar-refractivity contribution in [2.24, 2.45) is 11.7 Å². The summed E-state index contributed by atoms with van der Waals surface area (Å²) < 4.78 is 10.8. The van der Waals surface area contributed by atoms with Crippen molar-refractivity contribution in [3.8, 4) is 5.75 Å². The van der Waals surface area contributed by atoms with Gasteiger partial charge in [-0.3, -0.25) is 0 Å². The Morgan fingerprint density at radius 3 is 2.57 bits per heavy atom. The number of hydrogen-bond donors (Lipinski definition) is 1. The van der Waals surface area contributed by atoms with E-state index in [1.54, 1.807) is 7.11 Å². The third-order valence-corrected chi connectivity index (χ3v) is 3.59. The van der Waals surface area contributed by atoms with Gasteiger partial charge in [0.2, 0.25) is 5.89 Å². The van der Waals surface area contributed by atoms with Gasteiger partial charge in [-0.15, -0.1) is 0 Å². The van der Waals surface area contributed by atoms with Crippen LogP contribution >= 0.6 is 0 Å². The third kappa shape index (κ3) is 3.61. The van der Waals surface area contributed by atoms with Crippen molar-refractivity contribution in [2.75, 3.05) is 7.11 Å². The Hall–Kier alpha value is -1.88. The fourth-order valence-electron chi connectivity index (χ4n) is 2.61. The van der Waals surface area contributed by atoms with Crippen molar-refractivity contribution in [3.63, 3.8) is 0 Å². The van der Waals surface area contributed by atoms with Gasteiger partial charge in [-0.2, -0.15) is 4.98 Å². The molecule has 0 aliphatic rings. The van der Waals surface area contributed by atoms with E-state index >= 15 is 0 Å². The standard InChI is InChI=1S/C16H23N3O2/c1-10(2)15(11(3)17)16-18-14(19-21-16)9-12-7-5-6-8-13(12)20-4/h5-8,10-11,15H,9,17H2,1-4H3. The molecule has 0 saturated carbocycles. The fourth-order valence-corrected chi connectivity index (χ4v) is 2.61. The summed E-state index contributed by atoms with van der Waals surface area (Å²) in [5.41, 5.74) is 7.07. The topological polar surface area (TPSA) is 74.2 Å². The van der Waals surface area contributed by atoms with Gasteiger partial charge in [0.15, 0.2) is 5.82 Å². The molecule has 5 nitrogen and oxygen atoms in total. The van der Waals surface area contributed by atoms with Gasteiger partial charge in [0.25, 0.3) is 0 Å². The molecule has 0 amide bonds. The Labute approximate surface area is 125 Å². The van der Waals surface area contributed by atoms with E-state index in [4.69, 9.17) is 15.0 Å². The van der Waals surface area contributed by atoms with Crippen molar-refractivity contribution in [1.82, 2.24) is 10.1 Å². The third-order valence-electron chi connectivity index (χ3n) is 3.59. The number of nitrogens with two attached hydrogens (primary N) is 1. The molecule has 1 heterocycles. The molecular formula is C16H23N3O2. The summed E-state index contributed by atoms with van der Waals surface area (Å²) in [6.07, 6.45) is 0.581. The normalized spacial score (nSPS) is 14.2. The summed E-state index contributed by atoms with van der Waals surface area (Å²) in [6, 6.07) is 7.81. The van der Waals surface area contributed by atoms with Crippen LogP contribution in [0.15, 0.2) is 28.8 Å². The molecule has 0 spiro atoms. The molecule has 2 unspecified atom stereocenters. The van der Waals surface area contributed by atoms with Crippen LogP contribution in [0.25, 0.3) is 0 Å². The lowest BCUT2D eigenvalue weighted by atomic mass is 9.90. The molecule has 21 heavy (non-hydrogen) atoms. The molecular weight excluding hydrogens is 266 g/mol. The summed E-state index contributed by atoms with van der Waals surface area (Å²) in [6.45, 7) is 6.19. The summed E-state index contributed by atoms with van der Waals surface area (Å²) in [5, 5.41) is 4.08. The predicted octanol–water partition coefficient (Wildman–Crippen LogP) is 2.76. The SMILES string of the molecule is COc1ccccc1Cc1noc(C(C(C)C)C(C)N)n1. The summed E-state index contributed by atoms with van der Waals surface area (Å²) in [4.78, 5) is 4.51. The number of hydrogen-bond acceptors (Lipinski definition) is 5. The fraction of sp³-hybridized carbons (Fsp3) is 0.500. The van der Waals surface area contributed by atoms with Gasteiger partial charge in [-0.05, 0) is 18.9 Å². The Morgan fingerprint density at radius 2 is 1.95 bits per heavy atom. The average molecular weight is 289 g/mol. The minimum atomic E-state index is -0.0236. The van der Waals surface area contributed by atoms with Gasteiger partial charge in [0.1, 0.15) is 5.75 Å². The van der Waals surface area contributed by atoms with Crippen LogP contribution < -0.4 is 10.5 Å². The van der Waals surface area contributed by atoms with Gasteiger partial charge in [0.05, 0.1) is 13.0 Å². The van der Waals surface area contributed by atoms with E-state index in [-0.39, 0.29) is 12.0 Å². The molecule has 0 bridgehead atoms. The van der Waals surface area contributed by atoms with Crippen LogP contribution in [-0.4, -0.2) is 23.3 Å². The number of para-hydroxylation sites is 1. The molecule has 0 aliphatic heterocycles. The highest BCUT2D eigenvalue weighted by molar-refractivity contribution is 5.35. The second kappa shape index (κ2) is 6.72. The second-order valence-electron chi connectivity index (χ2n) is 5.67. The van der Waals surface area contributed by atoms with Gasteiger partial charge in [-0.25, -0.2) is 0 Å². The number of methoxy groups -OCH3 is 1. The Balaban J connectivity index is 2.20. The van der Waals surface area contributed by atoms with E-state index in [0.717, 1.165) is 11.3 Å². The Kier molecular flexibility index (Phi) is 4.96. The molecule has 2 rings (SSSR count). The maximum absolute atomic E-state index is 6.03. The van der Waals surface area contributed by atoms with Crippen LogP contribution in [0.5, 0.6) is 5.75 Å². The first-order valence-electron chi connectivity index (χ1n) is 7.23. The van der Waals surface area contributed by atoms with Crippen LogP contribution in [-0.2, 0) is 6.42 Å². The van der Waals surface area contributed by atoms with Crippen molar-refractivity contribution in [2.45, 2.75) is 39.2 Å². The first-order chi connectivity index (χ1) is 10.0. The lowest BCUT2D eigenvalue weighted by Crippen LogP contribution is -2.28. The smallest absolute Gasteiger partial charge is 0.231 e. The van der Waals surface area contributed by atoms with E-state index in [1.807, 2.05) is 31.2 Å². The van der Waals surface area contributed by atoms with Crippen LogP contribution in [0, 0.1) is 5.92 Å². The summed E-state index contributed by atoms with van der Waals surface area (Å²) >= 11 is 0.